The van der Waals surface area contributed by atoms with Crippen LogP contribution in [-0.4, -0.2) is 6.54 Å². The molecule has 1 N–H and O–H groups in total. The molecule has 1 aliphatic carbocycles. The van der Waals surface area contributed by atoms with Crippen molar-refractivity contribution in [2.45, 2.75) is 51.7 Å². The number of hydrogen-bond acceptors (Lipinski definition) is 1. The third-order valence-electron chi connectivity index (χ3n) is 4.57. The van der Waals surface area contributed by atoms with Crippen LogP contribution in [0.15, 0.2) is 24.3 Å². The van der Waals surface area contributed by atoms with E-state index in [1.54, 1.807) is 12.1 Å². The van der Waals surface area contributed by atoms with Crippen molar-refractivity contribution < 1.29 is 13.2 Å². The van der Waals surface area contributed by atoms with Gasteiger partial charge < -0.3 is 5.32 Å². The molecule has 0 radical (unpaired) electrons. The fourth-order valence-electron chi connectivity index (χ4n) is 3.49. The molecule has 1 saturated carbocycles. The van der Waals surface area contributed by atoms with E-state index >= 15 is 0 Å². The Hall–Kier alpha value is -1.03. The third kappa shape index (κ3) is 3.79. The zero-order chi connectivity index (χ0) is 15.5. The zero-order valence-corrected chi connectivity index (χ0v) is 12.7. The molecule has 1 aliphatic rings. The van der Waals surface area contributed by atoms with Crippen LogP contribution >= 0.6 is 0 Å². The molecule has 118 valence electrons. The van der Waals surface area contributed by atoms with E-state index in [9.17, 15) is 13.2 Å². The molecule has 1 aromatic carbocycles. The molecule has 3 unspecified atom stereocenters. The summed E-state index contributed by atoms with van der Waals surface area (Å²) in [5.74, 6) is 0.765. The van der Waals surface area contributed by atoms with Gasteiger partial charge in [0.15, 0.2) is 0 Å². The number of rotatable bonds is 5. The molecule has 0 saturated heterocycles. The predicted octanol–water partition coefficient (Wildman–Crippen LogP) is 5.18. The Balaban J connectivity index is 2.36. The van der Waals surface area contributed by atoms with Crippen molar-refractivity contribution in [2.24, 2.45) is 11.8 Å². The first kappa shape index (κ1) is 16.3. The Kier molecular flexibility index (Phi) is 5.31. The lowest BCUT2D eigenvalue weighted by Gasteiger charge is -2.30. The molecule has 1 fully saturated rings. The molecular formula is C17H24F3N. The molecule has 0 bridgehead atoms. The van der Waals surface area contributed by atoms with Crippen LogP contribution in [0.25, 0.3) is 0 Å². The molecule has 4 heteroatoms. The maximum Gasteiger partial charge on any atom is 0.416 e. The van der Waals surface area contributed by atoms with Gasteiger partial charge in [-0.1, -0.05) is 44.9 Å². The van der Waals surface area contributed by atoms with Crippen LogP contribution in [0.4, 0.5) is 13.2 Å². The fourth-order valence-corrected chi connectivity index (χ4v) is 3.49. The minimum Gasteiger partial charge on any atom is -0.310 e. The highest BCUT2D eigenvalue weighted by Gasteiger charge is 2.38. The van der Waals surface area contributed by atoms with Gasteiger partial charge in [0, 0.05) is 6.04 Å². The smallest absolute Gasteiger partial charge is 0.310 e. The monoisotopic (exact) mass is 299 g/mol. The van der Waals surface area contributed by atoms with Gasteiger partial charge in [-0.15, -0.1) is 0 Å². The summed E-state index contributed by atoms with van der Waals surface area (Å²) in [5.41, 5.74) is -0.0742. The van der Waals surface area contributed by atoms with Gasteiger partial charge in [-0.05, 0) is 42.9 Å². The second-order valence-electron chi connectivity index (χ2n) is 6.09. The van der Waals surface area contributed by atoms with Crippen molar-refractivity contribution in [3.05, 3.63) is 35.4 Å². The van der Waals surface area contributed by atoms with Gasteiger partial charge in [0.25, 0.3) is 0 Å². The summed E-state index contributed by atoms with van der Waals surface area (Å²) in [4.78, 5) is 0. The van der Waals surface area contributed by atoms with E-state index in [0.717, 1.165) is 32.2 Å². The molecule has 0 heterocycles. The van der Waals surface area contributed by atoms with Gasteiger partial charge in [0.1, 0.15) is 0 Å². The predicted molar refractivity (Wildman–Crippen MR) is 79.0 cm³/mol. The largest absolute Gasteiger partial charge is 0.416 e. The quantitative estimate of drug-likeness (QED) is 0.789. The molecule has 2 rings (SSSR count). The lowest BCUT2D eigenvalue weighted by molar-refractivity contribution is -0.138. The van der Waals surface area contributed by atoms with E-state index in [-0.39, 0.29) is 6.04 Å². The Bertz CT molecular complexity index is 456. The van der Waals surface area contributed by atoms with Crippen LogP contribution in [-0.2, 0) is 6.18 Å². The van der Waals surface area contributed by atoms with Gasteiger partial charge in [-0.25, -0.2) is 0 Å². The van der Waals surface area contributed by atoms with Crippen molar-refractivity contribution in [3.8, 4) is 0 Å². The first-order chi connectivity index (χ1) is 9.95. The van der Waals surface area contributed by atoms with Crippen molar-refractivity contribution in [3.63, 3.8) is 0 Å². The fraction of sp³-hybridized carbons (Fsp3) is 0.647. The summed E-state index contributed by atoms with van der Waals surface area (Å²) in [6.45, 7) is 4.95. The molecule has 1 aromatic rings. The van der Waals surface area contributed by atoms with E-state index in [4.69, 9.17) is 0 Å². The number of alkyl halides is 3. The van der Waals surface area contributed by atoms with Gasteiger partial charge >= 0.3 is 6.18 Å². The van der Waals surface area contributed by atoms with Crippen LogP contribution < -0.4 is 5.32 Å². The molecule has 21 heavy (non-hydrogen) atoms. The summed E-state index contributed by atoms with van der Waals surface area (Å²) >= 11 is 0. The Morgan fingerprint density at radius 2 is 1.95 bits per heavy atom. The minimum absolute atomic E-state index is 0.194. The third-order valence-corrected chi connectivity index (χ3v) is 4.57. The molecule has 0 spiro atoms. The Labute approximate surface area is 124 Å². The van der Waals surface area contributed by atoms with Crippen molar-refractivity contribution in [1.29, 1.82) is 0 Å². The highest BCUT2D eigenvalue weighted by Crippen LogP contribution is 2.43. The first-order valence-corrected chi connectivity index (χ1v) is 7.84. The Morgan fingerprint density at radius 1 is 1.24 bits per heavy atom. The molecular weight excluding hydrogens is 275 g/mol. The number of hydrogen-bond donors (Lipinski definition) is 1. The van der Waals surface area contributed by atoms with E-state index in [0.29, 0.717) is 17.4 Å². The van der Waals surface area contributed by atoms with Crippen molar-refractivity contribution in [1.82, 2.24) is 5.32 Å². The number of halogens is 3. The zero-order valence-electron chi connectivity index (χ0n) is 12.7. The SMILES string of the molecule is CCCNC(c1ccccc1C(F)(F)F)C1CCCC1C. The first-order valence-electron chi connectivity index (χ1n) is 7.84. The van der Waals surface area contributed by atoms with Crippen molar-refractivity contribution in [2.75, 3.05) is 6.54 Å². The summed E-state index contributed by atoms with van der Waals surface area (Å²) in [7, 11) is 0. The Morgan fingerprint density at radius 3 is 2.52 bits per heavy atom. The molecule has 0 aliphatic heterocycles. The van der Waals surface area contributed by atoms with Crippen LogP contribution in [0.1, 0.15) is 56.7 Å². The van der Waals surface area contributed by atoms with Gasteiger partial charge in [0.05, 0.1) is 5.56 Å². The van der Waals surface area contributed by atoms with Gasteiger partial charge in [-0.3, -0.25) is 0 Å². The standard InChI is InChI=1S/C17H24F3N/c1-3-11-21-16(13-9-6-7-12(13)2)14-8-4-5-10-15(14)17(18,19)20/h4-5,8,10,12-13,16,21H,3,6-7,9,11H2,1-2H3. The maximum atomic E-state index is 13.3. The summed E-state index contributed by atoms with van der Waals surface area (Å²) in [6, 6.07) is 5.84. The van der Waals surface area contributed by atoms with E-state index in [1.807, 2.05) is 6.92 Å². The van der Waals surface area contributed by atoms with Gasteiger partial charge in [0.2, 0.25) is 0 Å². The second kappa shape index (κ2) is 6.82. The van der Waals surface area contributed by atoms with E-state index in [2.05, 4.69) is 12.2 Å². The summed E-state index contributed by atoms with van der Waals surface area (Å²) in [5, 5.41) is 3.37. The summed E-state index contributed by atoms with van der Waals surface area (Å²) in [6.07, 6.45) is -0.126. The van der Waals surface area contributed by atoms with E-state index < -0.39 is 11.7 Å². The van der Waals surface area contributed by atoms with Gasteiger partial charge in [-0.2, -0.15) is 13.2 Å². The molecule has 0 aromatic heterocycles. The van der Waals surface area contributed by atoms with Crippen molar-refractivity contribution >= 4 is 0 Å². The van der Waals surface area contributed by atoms with Crippen LogP contribution in [0.3, 0.4) is 0 Å². The van der Waals surface area contributed by atoms with Crippen LogP contribution in [0.2, 0.25) is 0 Å². The molecule has 0 amide bonds. The number of benzene rings is 1. The van der Waals surface area contributed by atoms with E-state index in [1.165, 1.54) is 12.1 Å². The molecule has 1 nitrogen and oxygen atoms in total. The molecule has 3 atom stereocenters. The van der Waals surface area contributed by atoms with Crippen LogP contribution in [0, 0.1) is 11.8 Å². The van der Waals surface area contributed by atoms with Crippen LogP contribution in [0.5, 0.6) is 0 Å². The maximum absolute atomic E-state index is 13.3. The summed E-state index contributed by atoms with van der Waals surface area (Å²) < 4.78 is 39.9. The highest BCUT2D eigenvalue weighted by molar-refractivity contribution is 5.33. The average Bonchev–Trinajstić information content (AvgIpc) is 2.85. The number of nitrogens with one attached hydrogen (secondary N) is 1. The second-order valence-corrected chi connectivity index (χ2v) is 6.09. The normalized spacial score (nSPS) is 24.2. The lowest BCUT2D eigenvalue weighted by Crippen LogP contribution is -2.32. The highest BCUT2D eigenvalue weighted by atomic mass is 19.4. The minimum atomic E-state index is -4.29. The average molecular weight is 299 g/mol. The topological polar surface area (TPSA) is 12.0 Å². The lowest BCUT2D eigenvalue weighted by atomic mass is 9.84.